The van der Waals surface area contributed by atoms with Crippen LogP contribution >= 0.6 is 0 Å². The number of hydrogen-bond acceptors (Lipinski definition) is 3. The van der Waals surface area contributed by atoms with E-state index in [0.717, 1.165) is 5.52 Å². The van der Waals surface area contributed by atoms with Crippen molar-refractivity contribution in [1.29, 1.82) is 0 Å². The van der Waals surface area contributed by atoms with Crippen LogP contribution in [-0.2, 0) is 11.5 Å². The summed E-state index contributed by atoms with van der Waals surface area (Å²) >= 11 is 0. The summed E-state index contributed by atoms with van der Waals surface area (Å²) in [5.74, 6) is -0.398. The summed E-state index contributed by atoms with van der Waals surface area (Å²) < 4.78 is 12.0. The van der Waals surface area contributed by atoms with Gasteiger partial charge in [0.1, 0.15) is 5.69 Å². The molecule has 0 aliphatic carbocycles. The minimum atomic E-state index is -0.398. The Morgan fingerprint density at radius 2 is 2.29 bits per heavy atom. The van der Waals surface area contributed by atoms with E-state index >= 15 is 0 Å². The van der Waals surface area contributed by atoms with Gasteiger partial charge < -0.3 is 18.7 Å². The first-order chi connectivity index (χ1) is 8.33. The third kappa shape index (κ3) is 1.82. The van der Waals surface area contributed by atoms with Gasteiger partial charge in [0.25, 0.3) is 0 Å². The Bertz CT molecular complexity index is 611. The summed E-state index contributed by atoms with van der Waals surface area (Å²) in [6.07, 6.45) is 5.22. The molecule has 0 bridgehead atoms. The third-order valence-electron chi connectivity index (χ3n) is 2.47. The first kappa shape index (κ1) is 9.77. The molecule has 3 aromatic heterocycles. The van der Waals surface area contributed by atoms with E-state index < -0.39 is 5.97 Å². The van der Waals surface area contributed by atoms with Gasteiger partial charge in [0, 0.05) is 26.0 Å². The smallest absolute Gasteiger partial charge is 0.356 e. The first-order valence-electron chi connectivity index (χ1n) is 5.17. The molecule has 3 heterocycles. The van der Waals surface area contributed by atoms with E-state index in [1.54, 1.807) is 23.0 Å². The Kier molecular flexibility index (Phi) is 2.22. The standard InChI is InChI=1S/C12H10N2O3.H2/c15-12(17-8-14-4-1-2-5-14)10-7-11-9(13-10)3-6-16-11;/h1-7,13H,8H2;1H. The van der Waals surface area contributed by atoms with Crippen LogP contribution in [0.1, 0.15) is 11.9 Å². The predicted molar refractivity (Wildman–Crippen MR) is 62.5 cm³/mol. The number of nitrogens with zero attached hydrogens (tertiary/aromatic N) is 1. The van der Waals surface area contributed by atoms with Crippen LogP contribution in [0.4, 0.5) is 0 Å². The van der Waals surface area contributed by atoms with Crippen molar-refractivity contribution in [3.8, 4) is 0 Å². The van der Waals surface area contributed by atoms with E-state index in [0.29, 0.717) is 11.3 Å². The molecular weight excluding hydrogens is 220 g/mol. The summed E-state index contributed by atoms with van der Waals surface area (Å²) in [5.41, 5.74) is 1.84. The van der Waals surface area contributed by atoms with Crippen molar-refractivity contribution in [2.45, 2.75) is 6.73 Å². The molecule has 0 atom stereocenters. The lowest BCUT2D eigenvalue weighted by atomic mass is 10.4. The number of hydrogen-bond donors (Lipinski definition) is 1. The van der Waals surface area contributed by atoms with Crippen molar-refractivity contribution in [1.82, 2.24) is 9.55 Å². The number of fused-ring (bicyclic) bond motifs is 1. The molecule has 0 aliphatic rings. The molecule has 0 saturated carbocycles. The van der Waals surface area contributed by atoms with Gasteiger partial charge in [-0.2, -0.15) is 0 Å². The summed E-state index contributed by atoms with van der Waals surface area (Å²) in [6.45, 7) is 0.201. The largest absolute Gasteiger partial charge is 0.463 e. The van der Waals surface area contributed by atoms with E-state index in [2.05, 4.69) is 4.98 Å². The maximum Gasteiger partial charge on any atom is 0.356 e. The molecule has 0 saturated heterocycles. The highest BCUT2D eigenvalue weighted by Gasteiger charge is 2.12. The van der Waals surface area contributed by atoms with Crippen LogP contribution in [0.3, 0.4) is 0 Å². The Balaban J connectivity index is 0.00000120. The number of aromatic amines is 1. The van der Waals surface area contributed by atoms with Crippen LogP contribution in [0.15, 0.2) is 47.3 Å². The van der Waals surface area contributed by atoms with Gasteiger partial charge in [-0.15, -0.1) is 0 Å². The van der Waals surface area contributed by atoms with Crippen LogP contribution in [0, 0.1) is 0 Å². The summed E-state index contributed by atoms with van der Waals surface area (Å²) in [7, 11) is 0. The van der Waals surface area contributed by atoms with Crippen molar-refractivity contribution in [2.24, 2.45) is 0 Å². The molecule has 5 heteroatoms. The first-order valence-corrected chi connectivity index (χ1v) is 5.17. The third-order valence-corrected chi connectivity index (χ3v) is 2.47. The summed E-state index contributed by atoms with van der Waals surface area (Å²) in [4.78, 5) is 14.6. The topological polar surface area (TPSA) is 60.2 Å². The number of ether oxygens (including phenoxy) is 1. The second-order valence-electron chi connectivity index (χ2n) is 3.64. The molecular formula is C12H12N2O3. The second-order valence-corrected chi connectivity index (χ2v) is 3.64. The average Bonchev–Trinajstić information content (AvgIpc) is 3.01. The normalized spacial score (nSPS) is 10.8. The average molecular weight is 232 g/mol. The highest BCUT2D eigenvalue weighted by Crippen LogP contribution is 2.16. The second kappa shape index (κ2) is 3.86. The zero-order valence-electron chi connectivity index (χ0n) is 8.92. The molecule has 0 spiro atoms. The van der Waals surface area contributed by atoms with Crippen LogP contribution in [0.25, 0.3) is 11.1 Å². The minimum Gasteiger partial charge on any atom is -0.463 e. The molecule has 0 unspecified atom stereocenters. The van der Waals surface area contributed by atoms with Crippen molar-refractivity contribution in [2.75, 3.05) is 0 Å². The van der Waals surface area contributed by atoms with Gasteiger partial charge in [0.2, 0.25) is 0 Å². The highest BCUT2D eigenvalue weighted by atomic mass is 16.5. The lowest BCUT2D eigenvalue weighted by Gasteiger charge is -2.03. The minimum absolute atomic E-state index is 0. The lowest BCUT2D eigenvalue weighted by Crippen LogP contribution is -2.08. The van der Waals surface area contributed by atoms with Gasteiger partial charge in [0.05, 0.1) is 11.8 Å². The maximum atomic E-state index is 11.7. The number of H-pyrrole nitrogens is 1. The molecule has 88 valence electrons. The van der Waals surface area contributed by atoms with Gasteiger partial charge in [0.15, 0.2) is 12.3 Å². The molecule has 5 nitrogen and oxygen atoms in total. The number of rotatable bonds is 3. The number of furan rings is 1. The van der Waals surface area contributed by atoms with E-state index in [1.165, 1.54) is 0 Å². The fraction of sp³-hybridized carbons (Fsp3) is 0.0833. The number of aromatic nitrogens is 2. The summed E-state index contributed by atoms with van der Waals surface area (Å²) in [6, 6.07) is 7.14. The van der Waals surface area contributed by atoms with Gasteiger partial charge in [-0.05, 0) is 12.1 Å². The van der Waals surface area contributed by atoms with Gasteiger partial charge in [-0.3, -0.25) is 0 Å². The van der Waals surface area contributed by atoms with E-state index in [4.69, 9.17) is 9.15 Å². The Morgan fingerprint density at radius 3 is 3.06 bits per heavy atom. The molecule has 3 rings (SSSR count). The van der Waals surface area contributed by atoms with E-state index in [1.807, 2.05) is 24.5 Å². The number of carbonyl (C=O) groups is 1. The molecule has 0 aromatic carbocycles. The molecule has 0 fully saturated rings. The summed E-state index contributed by atoms with van der Waals surface area (Å²) in [5, 5.41) is 0. The number of nitrogens with one attached hydrogen (secondary N) is 1. The predicted octanol–water partition coefficient (Wildman–Crippen LogP) is 2.62. The number of carbonyl (C=O) groups excluding carboxylic acids is 1. The Morgan fingerprint density at radius 1 is 1.47 bits per heavy atom. The van der Waals surface area contributed by atoms with Crippen LogP contribution in [-0.4, -0.2) is 15.5 Å². The Hall–Kier alpha value is -2.43. The molecule has 0 amide bonds. The van der Waals surface area contributed by atoms with Crippen molar-refractivity contribution in [3.63, 3.8) is 0 Å². The fourth-order valence-electron chi connectivity index (χ4n) is 1.63. The lowest BCUT2D eigenvalue weighted by molar-refractivity contribution is 0.0366. The maximum absolute atomic E-state index is 11.7. The monoisotopic (exact) mass is 232 g/mol. The van der Waals surface area contributed by atoms with Crippen LogP contribution in [0.2, 0.25) is 0 Å². The van der Waals surface area contributed by atoms with Gasteiger partial charge in [-0.25, -0.2) is 4.79 Å². The molecule has 3 aromatic rings. The highest BCUT2D eigenvalue weighted by molar-refractivity contribution is 5.92. The molecule has 0 radical (unpaired) electrons. The van der Waals surface area contributed by atoms with Crippen LogP contribution < -0.4 is 0 Å². The Labute approximate surface area is 98.1 Å². The quantitative estimate of drug-likeness (QED) is 0.706. The van der Waals surface area contributed by atoms with E-state index in [9.17, 15) is 4.79 Å². The van der Waals surface area contributed by atoms with Gasteiger partial charge in [-0.1, -0.05) is 0 Å². The van der Waals surface area contributed by atoms with Gasteiger partial charge >= 0.3 is 5.97 Å². The zero-order chi connectivity index (χ0) is 11.7. The SMILES string of the molecule is O=C(OCn1cccc1)c1cc2occc2[nH]1.[HH]. The van der Waals surface area contributed by atoms with E-state index in [-0.39, 0.29) is 8.16 Å². The molecule has 0 aliphatic heterocycles. The molecule has 17 heavy (non-hydrogen) atoms. The number of esters is 1. The van der Waals surface area contributed by atoms with Crippen molar-refractivity contribution < 1.29 is 15.4 Å². The fourth-order valence-corrected chi connectivity index (χ4v) is 1.63. The van der Waals surface area contributed by atoms with Crippen molar-refractivity contribution in [3.05, 3.63) is 48.6 Å². The molecule has 1 N–H and O–H groups in total. The van der Waals surface area contributed by atoms with Crippen molar-refractivity contribution >= 4 is 17.1 Å². The van der Waals surface area contributed by atoms with Crippen LogP contribution in [0.5, 0.6) is 0 Å². The zero-order valence-corrected chi connectivity index (χ0v) is 8.92.